The van der Waals surface area contributed by atoms with E-state index in [0.29, 0.717) is 25.9 Å². The van der Waals surface area contributed by atoms with E-state index < -0.39 is 6.04 Å². The minimum absolute atomic E-state index is 0.117. The van der Waals surface area contributed by atoms with Crippen LogP contribution in [-0.4, -0.2) is 56.6 Å². The van der Waals surface area contributed by atoms with Gasteiger partial charge in [0.25, 0.3) is 0 Å². The van der Waals surface area contributed by atoms with Crippen LogP contribution < -0.4 is 5.32 Å². The van der Waals surface area contributed by atoms with Crippen LogP contribution in [0.4, 0.5) is 0 Å². The van der Waals surface area contributed by atoms with Gasteiger partial charge in [0.2, 0.25) is 11.8 Å². The minimum atomic E-state index is -0.498. The Bertz CT molecular complexity index is 719. The van der Waals surface area contributed by atoms with Crippen molar-refractivity contribution in [3.63, 3.8) is 0 Å². The Hall–Kier alpha value is -2.77. The van der Waals surface area contributed by atoms with Crippen LogP contribution in [0.3, 0.4) is 0 Å². The predicted molar refractivity (Wildman–Crippen MR) is 99.7 cm³/mol. The summed E-state index contributed by atoms with van der Waals surface area (Å²) in [4.78, 5) is 26.6. The first-order valence-electron chi connectivity index (χ1n) is 9.56. The van der Waals surface area contributed by atoms with Crippen LogP contribution in [-0.2, 0) is 16.0 Å². The molecular weight excluding hydrogens is 344 g/mol. The maximum Gasteiger partial charge on any atom is 0.245 e. The number of aromatic nitrogens is 4. The van der Waals surface area contributed by atoms with E-state index in [9.17, 15) is 9.59 Å². The van der Waals surface area contributed by atoms with E-state index in [1.54, 1.807) is 0 Å². The lowest BCUT2D eigenvalue weighted by Crippen LogP contribution is -2.37. The van der Waals surface area contributed by atoms with Gasteiger partial charge in [-0.2, -0.15) is 0 Å². The molecule has 0 bridgehead atoms. The fourth-order valence-electron chi connectivity index (χ4n) is 3.33. The summed E-state index contributed by atoms with van der Waals surface area (Å²) in [6.07, 6.45) is 6.53. The van der Waals surface area contributed by atoms with E-state index in [1.807, 2.05) is 35.2 Å². The molecule has 0 aliphatic carbocycles. The number of nitrogens with zero attached hydrogens (tertiary/aromatic N) is 5. The molecule has 1 aliphatic heterocycles. The Labute approximate surface area is 158 Å². The van der Waals surface area contributed by atoms with Gasteiger partial charge in [-0.3, -0.25) is 9.59 Å². The Morgan fingerprint density at radius 1 is 1.19 bits per heavy atom. The zero-order valence-electron chi connectivity index (χ0n) is 15.5. The molecule has 8 nitrogen and oxygen atoms in total. The van der Waals surface area contributed by atoms with Gasteiger partial charge in [-0.15, -0.1) is 5.10 Å². The molecule has 0 radical (unpaired) electrons. The molecular formula is C19H26N6O2. The minimum Gasteiger partial charge on any atom is -0.354 e. The molecule has 1 N–H and O–H groups in total. The lowest BCUT2D eigenvalue weighted by atomic mass is 10.1. The summed E-state index contributed by atoms with van der Waals surface area (Å²) in [5.74, 6) is 0.114. The first-order chi connectivity index (χ1) is 13.2. The first-order valence-corrected chi connectivity index (χ1v) is 9.56. The average Bonchev–Trinajstić information content (AvgIpc) is 3.14. The summed E-state index contributed by atoms with van der Waals surface area (Å²) >= 11 is 0. The third kappa shape index (κ3) is 5.60. The normalized spacial score (nSPS) is 16.0. The molecule has 1 saturated heterocycles. The van der Waals surface area contributed by atoms with Gasteiger partial charge < -0.3 is 10.2 Å². The zero-order valence-corrected chi connectivity index (χ0v) is 15.5. The average molecular weight is 370 g/mol. The smallest absolute Gasteiger partial charge is 0.245 e. The van der Waals surface area contributed by atoms with E-state index in [4.69, 9.17) is 0 Å². The summed E-state index contributed by atoms with van der Waals surface area (Å²) in [6, 6.07) is 9.30. The van der Waals surface area contributed by atoms with E-state index in [-0.39, 0.29) is 11.8 Å². The molecule has 1 aromatic carbocycles. The number of likely N-dealkylation sites (tertiary alicyclic amines) is 1. The Kier molecular flexibility index (Phi) is 6.90. The molecule has 27 heavy (non-hydrogen) atoms. The van der Waals surface area contributed by atoms with Crippen LogP contribution in [0.5, 0.6) is 0 Å². The molecule has 3 rings (SSSR count). The van der Waals surface area contributed by atoms with Crippen molar-refractivity contribution in [3.05, 3.63) is 42.2 Å². The first kappa shape index (κ1) is 19.0. The van der Waals surface area contributed by atoms with Gasteiger partial charge in [0.05, 0.1) is 0 Å². The molecule has 1 aromatic heterocycles. The highest BCUT2D eigenvalue weighted by Gasteiger charge is 2.22. The Balaban J connectivity index is 1.51. The van der Waals surface area contributed by atoms with Crippen molar-refractivity contribution in [2.75, 3.05) is 19.6 Å². The van der Waals surface area contributed by atoms with E-state index in [0.717, 1.165) is 37.8 Å². The van der Waals surface area contributed by atoms with Gasteiger partial charge in [0.1, 0.15) is 12.4 Å². The van der Waals surface area contributed by atoms with Gasteiger partial charge >= 0.3 is 0 Å². The molecule has 0 saturated carbocycles. The maximum absolute atomic E-state index is 12.7. The summed E-state index contributed by atoms with van der Waals surface area (Å²) in [6.45, 7) is 2.04. The summed E-state index contributed by atoms with van der Waals surface area (Å²) in [7, 11) is 0. The lowest BCUT2D eigenvalue weighted by molar-refractivity contribution is -0.130. The molecule has 1 aliphatic rings. The quantitative estimate of drug-likeness (QED) is 0.709. The second-order valence-corrected chi connectivity index (χ2v) is 6.83. The van der Waals surface area contributed by atoms with Gasteiger partial charge in [-0.1, -0.05) is 36.8 Å². The zero-order chi connectivity index (χ0) is 18.9. The number of hydrogen-bond donors (Lipinski definition) is 1. The number of nitrogens with one attached hydrogen (secondary N) is 1. The highest BCUT2D eigenvalue weighted by molar-refractivity contribution is 5.80. The second kappa shape index (κ2) is 9.80. The van der Waals surface area contributed by atoms with Gasteiger partial charge in [-0.25, -0.2) is 4.68 Å². The van der Waals surface area contributed by atoms with Gasteiger partial charge in [-0.05, 0) is 35.3 Å². The number of carbonyl (C=O) groups is 2. The van der Waals surface area contributed by atoms with Gasteiger partial charge in [0.15, 0.2) is 0 Å². The molecule has 1 unspecified atom stereocenters. The van der Waals surface area contributed by atoms with Crippen molar-refractivity contribution in [1.29, 1.82) is 0 Å². The molecule has 1 atom stereocenters. The third-order valence-electron chi connectivity index (χ3n) is 4.83. The highest BCUT2D eigenvalue weighted by atomic mass is 16.2. The van der Waals surface area contributed by atoms with Crippen LogP contribution in [0.1, 0.15) is 43.7 Å². The van der Waals surface area contributed by atoms with Crippen molar-refractivity contribution < 1.29 is 9.59 Å². The summed E-state index contributed by atoms with van der Waals surface area (Å²) < 4.78 is 1.49. The summed E-state index contributed by atoms with van der Waals surface area (Å²) in [5, 5.41) is 14.2. The molecule has 144 valence electrons. The largest absolute Gasteiger partial charge is 0.354 e. The number of amides is 2. The van der Waals surface area contributed by atoms with Crippen molar-refractivity contribution in [2.24, 2.45) is 0 Å². The Morgan fingerprint density at radius 3 is 2.81 bits per heavy atom. The van der Waals surface area contributed by atoms with E-state index in [1.165, 1.54) is 11.0 Å². The number of rotatable bonds is 8. The van der Waals surface area contributed by atoms with Crippen molar-refractivity contribution >= 4 is 11.8 Å². The lowest BCUT2D eigenvalue weighted by Gasteiger charge is -2.21. The fraction of sp³-hybridized carbons (Fsp3) is 0.526. The topological polar surface area (TPSA) is 93.0 Å². The molecule has 2 amide bonds. The number of tetrazole rings is 1. The summed E-state index contributed by atoms with van der Waals surface area (Å²) in [5.41, 5.74) is 1.04. The number of benzene rings is 1. The van der Waals surface area contributed by atoms with E-state index in [2.05, 4.69) is 20.8 Å². The van der Waals surface area contributed by atoms with Crippen molar-refractivity contribution in [2.45, 2.75) is 44.6 Å². The molecule has 2 aromatic rings. The van der Waals surface area contributed by atoms with Gasteiger partial charge in [0, 0.05) is 32.5 Å². The van der Waals surface area contributed by atoms with Crippen LogP contribution in [0.2, 0.25) is 0 Å². The molecule has 2 heterocycles. The molecule has 1 fully saturated rings. The van der Waals surface area contributed by atoms with Crippen LogP contribution in [0.25, 0.3) is 0 Å². The fourth-order valence-corrected chi connectivity index (χ4v) is 3.33. The van der Waals surface area contributed by atoms with Crippen molar-refractivity contribution in [3.8, 4) is 0 Å². The predicted octanol–water partition coefficient (Wildman–Crippen LogP) is 1.37. The Morgan fingerprint density at radius 2 is 2.04 bits per heavy atom. The van der Waals surface area contributed by atoms with Crippen LogP contribution >= 0.6 is 0 Å². The van der Waals surface area contributed by atoms with Crippen LogP contribution in [0, 0.1) is 0 Å². The SMILES string of the molecule is O=C(NCCCN1CCCCCC1=O)C(Cc1ccccc1)n1cnnn1. The highest BCUT2D eigenvalue weighted by Crippen LogP contribution is 2.14. The molecule has 0 spiro atoms. The standard InChI is InChI=1S/C19H26N6O2/c26-18-10-5-2-6-12-24(18)13-7-11-20-19(27)17(25-15-21-22-23-25)14-16-8-3-1-4-9-16/h1,3-4,8-9,15,17H,2,5-7,10-14H2,(H,20,27). The third-order valence-corrected chi connectivity index (χ3v) is 4.83. The van der Waals surface area contributed by atoms with E-state index >= 15 is 0 Å². The maximum atomic E-state index is 12.7. The number of hydrogen-bond acceptors (Lipinski definition) is 5. The van der Waals surface area contributed by atoms with Crippen LogP contribution in [0.15, 0.2) is 36.7 Å². The monoisotopic (exact) mass is 370 g/mol. The van der Waals surface area contributed by atoms with Crippen molar-refractivity contribution in [1.82, 2.24) is 30.4 Å². The molecule has 8 heteroatoms. The number of carbonyl (C=O) groups excluding carboxylic acids is 2. The second-order valence-electron chi connectivity index (χ2n) is 6.83.